The molecule has 0 saturated heterocycles. The zero-order valence-electron chi connectivity index (χ0n) is 11.1. The van der Waals surface area contributed by atoms with E-state index in [1.165, 1.54) is 6.33 Å². The zero-order valence-corrected chi connectivity index (χ0v) is 11.8. The van der Waals surface area contributed by atoms with Crippen LogP contribution in [0.5, 0.6) is 5.75 Å². The fraction of sp³-hybridized carbons (Fsp3) is 0.143. The van der Waals surface area contributed by atoms with Crippen LogP contribution < -0.4 is 10.1 Å². The molecule has 5 nitrogen and oxygen atoms in total. The summed E-state index contributed by atoms with van der Waals surface area (Å²) in [6.45, 7) is 1.98. The van der Waals surface area contributed by atoms with Crippen molar-refractivity contribution < 1.29 is 4.74 Å². The maximum atomic E-state index is 6.03. The molecule has 0 saturated carbocycles. The summed E-state index contributed by atoms with van der Waals surface area (Å²) in [5.74, 6) is 1.41. The molecule has 0 fully saturated rings. The highest BCUT2D eigenvalue weighted by Gasteiger charge is 2.09. The SMILES string of the molecule is COc1ccc(Cl)cc1Nc1ncnc2[nH]c(C)cc12. The molecule has 2 aromatic heterocycles. The van der Waals surface area contributed by atoms with Crippen molar-refractivity contribution in [2.45, 2.75) is 6.92 Å². The number of fused-ring (bicyclic) bond motifs is 1. The third kappa shape index (κ3) is 2.28. The predicted octanol–water partition coefficient (Wildman–Crippen LogP) is 3.67. The van der Waals surface area contributed by atoms with Crippen LogP contribution in [0.1, 0.15) is 5.69 Å². The van der Waals surface area contributed by atoms with E-state index in [0.717, 1.165) is 22.4 Å². The summed E-state index contributed by atoms with van der Waals surface area (Å²) >= 11 is 6.03. The highest BCUT2D eigenvalue weighted by molar-refractivity contribution is 6.31. The summed E-state index contributed by atoms with van der Waals surface area (Å²) in [6, 6.07) is 7.38. The summed E-state index contributed by atoms with van der Waals surface area (Å²) in [7, 11) is 1.62. The molecule has 0 aliphatic rings. The Kier molecular flexibility index (Phi) is 3.20. The summed E-state index contributed by atoms with van der Waals surface area (Å²) in [4.78, 5) is 11.7. The molecule has 0 atom stereocenters. The number of aromatic nitrogens is 3. The Morgan fingerprint density at radius 3 is 2.90 bits per heavy atom. The van der Waals surface area contributed by atoms with E-state index in [0.29, 0.717) is 16.6 Å². The minimum Gasteiger partial charge on any atom is -0.495 e. The minimum atomic E-state index is 0.629. The molecular weight excluding hydrogens is 276 g/mol. The van der Waals surface area contributed by atoms with Gasteiger partial charge in [0.15, 0.2) is 0 Å². The average molecular weight is 289 g/mol. The maximum absolute atomic E-state index is 6.03. The lowest BCUT2D eigenvalue weighted by Gasteiger charge is -2.11. The fourth-order valence-electron chi connectivity index (χ4n) is 2.08. The molecule has 2 N–H and O–H groups in total. The maximum Gasteiger partial charge on any atom is 0.143 e. The Balaban J connectivity index is 2.07. The van der Waals surface area contributed by atoms with Gasteiger partial charge in [0.1, 0.15) is 23.5 Å². The van der Waals surface area contributed by atoms with E-state index in [-0.39, 0.29) is 0 Å². The summed E-state index contributed by atoms with van der Waals surface area (Å²) in [6.07, 6.45) is 1.51. The molecule has 0 aliphatic heterocycles. The molecule has 0 bridgehead atoms. The van der Waals surface area contributed by atoms with Crippen molar-refractivity contribution in [1.29, 1.82) is 0 Å². The van der Waals surface area contributed by atoms with Crippen LogP contribution in [0.2, 0.25) is 5.02 Å². The van der Waals surface area contributed by atoms with Crippen molar-refractivity contribution >= 4 is 34.1 Å². The van der Waals surface area contributed by atoms with Gasteiger partial charge < -0.3 is 15.0 Å². The monoisotopic (exact) mass is 288 g/mol. The number of aryl methyl sites for hydroxylation is 1. The molecule has 1 aromatic carbocycles. The van der Waals surface area contributed by atoms with Gasteiger partial charge >= 0.3 is 0 Å². The number of ether oxygens (including phenoxy) is 1. The van der Waals surface area contributed by atoms with Gasteiger partial charge in [0.2, 0.25) is 0 Å². The molecular formula is C14H13ClN4O. The molecule has 3 aromatic rings. The molecule has 2 heterocycles. The number of nitrogens with one attached hydrogen (secondary N) is 2. The summed E-state index contributed by atoms with van der Waals surface area (Å²) in [5.41, 5.74) is 2.58. The largest absolute Gasteiger partial charge is 0.495 e. The van der Waals surface area contributed by atoms with E-state index < -0.39 is 0 Å². The van der Waals surface area contributed by atoms with E-state index in [1.807, 2.05) is 19.1 Å². The van der Waals surface area contributed by atoms with Gasteiger partial charge in [-0.3, -0.25) is 0 Å². The van der Waals surface area contributed by atoms with Crippen LogP contribution in [0.15, 0.2) is 30.6 Å². The molecule has 0 radical (unpaired) electrons. The highest BCUT2D eigenvalue weighted by atomic mass is 35.5. The van der Waals surface area contributed by atoms with E-state index in [9.17, 15) is 0 Å². The number of methoxy groups -OCH3 is 1. The molecule has 20 heavy (non-hydrogen) atoms. The number of aromatic amines is 1. The van der Waals surface area contributed by atoms with Gasteiger partial charge in [-0.25, -0.2) is 9.97 Å². The Hall–Kier alpha value is -2.27. The number of H-pyrrole nitrogens is 1. The van der Waals surface area contributed by atoms with E-state index in [1.54, 1.807) is 19.2 Å². The second kappa shape index (κ2) is 5.02. The van der Waals surface area contributed by atoms with Crippen LogP contribution in [-0.4, -0.2) is 22.1 Å². The van der Waals surface area contributed by atoms with Crippen LogP contribution >= 0.6 is 11.6 Å². The Bertz CT molecular complexity index is 769. The number of benzene rings is 1. The highest BCUT2D eigenvalue weighted by Crippen LogP contribution is 2.32. The van der Waals surface area contributed by atoms with Gasteiger partial charge in [0.05, 0.1) is 18.2 Å². The first-order valence-corrected chi connectivity index (χ1v) is 6.46. The Morgan fingerprint density at radius 2 is 2.10 bits per heavy atom. The third-order valence-electron chi connectivity index (χ3n) is 2.97. The average Bonchev–Trinajstić information content (AvgIpc) is 2.80. The van der Waals surface area contributed by atoms with Crippen LogP contribution in [0, 0.1) is 6.92 Å². The molecule has 6 heteroatoms. The van der Waals surface area contributed by atoms with Gasteiger partial charge in [-0.05, 0) is 31.2 Å². The van der Waals surface area contributed by atoms with Crippen molar-refractivity contribution in [2.24, 2.45) is 0 Å². The smallest absolute Gasteiger partial charge is 0.143 e. The number of rotatable bonds is 3. The van der Waals surface area contributed by atoms with Gasteiger partial charge in [-0.15, -0.1) is 0 Å². The summed E-state index contributed by atoms with van der Waals surface area (Å²) in [5, 5.41) is 4.79. The van der Waals surface area contributed by atoms with E-state index >= 15 is 0 Å². The van der Waals surface area contributed by atoms with Crippen LogP contribution in [-0.2, 0) is 0 Å². The lowest BCUT2D eigenvalue weighted by molar-refractivity contribution is 0.417. The fourth-order valence-corrected chi connectivity index (χ4v) is 2.25. The first-order valence-electron chi connectivity index (χ1n) is 6.08. The second-order valence-electron chi connectivity index (χ2n) is 4.41. The lowest BCUT2D eigenvalue weighted by atomic mass is 10.2. The van der Waals surface area contributed by atoms with Crippen LogP contribution in [0.3, 0.4) is 0 Å². The van der Waals surface area contributed by atoms with Crippen LogP contribution in [0.25, 0.3) is 11.0 Å². The lowest BCUT2D eigenvalue weighted by Crippen LogP contribution is -1.97. The summed E-state index contributed by atoms with van der Waals surface area (Å²) < 4.78 is 5.32. The number of halogens is 1. The molecule has 0 spiro atoms. The van der Waals surface area contributed by atoms with Gasteiger partial charge in [-0.2, -0.15) is 0 Å². The van der Waals surface area contributed by atoms with Crippen molar-refractivity contribution in [3.8, 4) is 5.75 Å². The molecule has 0 amide bonds. The number of hydrogen-bond donors (Lipinski definition) is 2. The standard InChI is InChI=1S/C14H13ClN4O/c1-8-5-10-13(18-8)16-7-17-14(10)19-11-6-9(15)3-4-12(11)20-2/h3-7H,1-2H3,(H2,16,17,18,19). The third-order valence-corrected chi connectivity index (χ3v) is 3.21. The van der Waals surface area contributed by atoms with Crippen molar-refractivity contribution in [3.63, 3.8) is 0 Å². The van der Waals surface area contributed by atoms with E-state index in [4.69, 9.17) is 16.3 Å². The van der Waals surface area contributed by atoms with Gasteiger partial charge in [-0.1, -0.05) is 11.6 Å². The van der Waals surface area contributed by atoms with Crippen molar-refractivity contribution in [2.75, 3.05) is 12.4 Å². The quantitative estimate of drug-likeness (QED) is 0.772. The topological polar surface area (TPSA) is 62.8 Å². The first-order chi connectivity index (χ1) is 9.67. The Morgan fingerprint density at radius 1 is 1.25 bits per heavy atom. The van der Waals surface area contributed by atoms with Crippen molar-refractivity contribution in [1.82, 2.24) is 15.0 Å². The van der Waals surface area contributed by atoms with Crippen molar-refractivity contribution in [3.05, 3.63) is 41.3 Å². The molecule has 102 valence electrons. The molecule has 3 rings (SSSR count). The van der Waals surface area contributed by atoms with Gasteiger partial charge in [0.25, 0.3) is 0 Å². The molecule has 0 aliphatic carbocycles. The number of hydrogen-bond acceptors (Lipinski definition) is 4. The second-order valence-corrected chi connectivity index (χ2v) is 4.84. The predicted molar refractivity (Wildman–Crippen MR) is 79.9 cm³/mol. The van der Waals surface area contributed by atoms with E-state index in [2.05, 4.69) is 20.3 Å². The number of nitrogens with zero attached hydrogens (tertiary/aromatic N) is 2. The number of anilines is 2. The van der Waals surface area contributed by atoms with Crippen LogP contribution in [0.4, 0.5) is 11.5 Å². The van der Waals surface area contributed by atoms with Gasteiger partial charge in [0, 0.05) is 10.7 Å². The zero-order chi connectivity index (χ0) is 14.1. The molecule has 0 unspecified atom stereocenters. The normalized spacial score (nSPS) is 10.8. The minimum absolute atomic E-state index is 0.629. The first kappa shape index (κ1) is 12.7. The Labute approximate surface area is 121 Å².